The van der Waals surface area contributed by atoms with Gasteiger partial charge >= 0.3 is 0 Å². The quantitative estimate of drug-likeness (QED) is 0.723. The molecule has 0 aliphatic heterocycles. The maximum atomic E-state index is 11.5. The highest BCUT2D eigenvalue weighted by Crippen LogP contribution is 2.36. The van der Waals surface area contributed by atoms with Gasteiger partial charge in [-0.25, -0.2) is 13.6 Å². The van der Waals surface area contributed by atoms with Crippen molar-refractivity contribution in [2.45, 2.75) is 4.90 Å². The first-order chi connectivity index (χ1) is 12.3. The number of nitrogens with zero attached hydrogens (tertiary/aromatic N) is 1. The third kappa shape index (κ3) is 3.75. The lowest BCUT2D eigenvalue weighted by Gasteiger charge is -2.17. The molecule has 0 saturated heterocycles. The summed E-state index contributed by atoms with van der Waals surface area (Å²) >= 11 is 6.29. The van der Waals surface area contributed by atoms with Crippen molar-refractivity contribution in [2.24, 2.45) is 5.14 Å². The van der Waals surface area contributed by atoms with Crippen LogP contribution < -0.4 is 10.0 Å². The third-order valence-electron chi connectivity index (χ3n) is 4.16. The fraction of sp³-hybridized carbons (Fsp3) is 0.100. The molecule has 0 spiro atoms. The fourth-order valence-corrected chi connectivity index (χ4v) is 3.64. The second-order valence-corrected chi connectivity index (χ2v) is 8.14. The lowest BCUT2D eigenvalue weighted by molar-refractivity contribution is 0.598. The highest BCUT2D eigenvalue weighted by Gasteiger charge is 2.12. The van der Waals surface area contributed by atoms with Crippen LogP contribution in [0.1, 0.15) is 0 Å². The summed E-state index contributed by atoms with van der Waals surface area (Å²) in [6, 6.07) is 20.4. The van der Waals surface area contributed by atoms with Gasteiger partial charge in [0.1, 0.15) is 0 Å². The summed E-state index contributed by atoms with van der Waals surface area (Å²) in [5.74, 6) is 0. The van der Waals surface area contributed by atoms with Crippen LogP contribution in [-0.4, -0.2) is 22.5 Å². The van der Waals surface area contributed by atoms with Crippen molar-refractivity contribution < 1.29 is 8.42 Å². The molecule has 3 rings (SSSR count). The van der Waals surface area contributed by atoms with Gasteiger partial charge in [0, 0.05) is 14.1 Å². The number of benzene rings is 3. The molecular formula is C20H19ClN2O2S. The molecule has 0 aliphatic carbocycles. The van der Waals surface area contributed by atoms with Crippen LogP contribution in [0.3, 0.4) is 0 Å². The molecule has 2 N–H and O–H groups in total. The van der Waals surface area contributed by atoms with Crippen LogP contribution in [0.15, 0.2) is 71.6 Å². The highest BCUT2D eigenvalue weighted by atomic mass is 35.5. The van der Waals surface area contributed by atoms with E-state index in [2.05, 4.69) is 0 Å². The normalized spacial score (nSPS) is 11.4. The predicted molar refractivity (Wildman–Crippen MR) is 108 cm³/mol. The number of hydrogen-bond acceptors (Lipinski definition) is 3. The Hall–Kier alpha value is -2.34. The number of primary sulfonamides is 1. The summed E-state index contributed by atoms with van der Waals surface area (Å²) in [5.41, 5.74) is 4.92. The smallest absolute Gasteiger partial charge is 0.238 e. The number of rotatable bonds is 4. The van der Waals surface area contributed by atoms with Gasteiger partial charge < -0.3 is 4.90 Å². The van der Waals surface area contributed by atoms with E-state index in [9.17, 15) is 8.42 Å². The van der Waals surface area contributed by atoms with E-state index in [0.717, 1.165) is 27.9 Å². The van der Waals surface area contributed by atoms with Crippen LogP contribution in [0.4, 0.5) is 5.69 Å². The van der Waals surface area contributed by atoms with Crippen LogP contribution in [0, 0.1) is 0 Å². The molecule has 134 valence electrons. The van der Waals surface area contributed by atoms with E-state index in [1.54, 1.807) is 12.1 Å². The zero-order chi connectivity index (χ0) is 18.9. The Labute approximate surface area is 158 Å². The van der Waals surface area contributed by atoms with Crippen molar-refractivity contribution in [3.8, 4) is 22.3 Å². The van der Waals surface area contributed by atoms with Crippen LogP contribution >= 0.6 is 11.6 Å². The van der Waals surface area contributed by atoms with Crippen molar-refractivity contribution in [1.29, 1.82) is 0 Å². The van der Waals surface area contributed by atoms with E-state index in [0.29, 0.717) is 5.02 Å². The minimum Gasteiger partial charge on any atom is -0.376 e. The second-order valence-electron chi connectivity index (χ2n) is 6.18. The monoisotopic (exact) mass is 386 g/mol. The van der Waals surface area contributed by atoms with Crippen molar-refractivity contribution in [3.63, 3.8) is 0 Å². The molecule has 0 unspecified atom stereocenters. The van der Waals surface area contributed by atoms with Crippen LogP contribution in [0.5, 0.6) is 0 Å². The second kappa shape index (κ2) is 7.11. The van der Waals surface area contributed by atoms with Gasteiger partial charge in [-0.15, -0.1) is 0 Å². The Morgan fingerprint density at radius 3 is 1.92 bits per heavy atom. The lowest BCUT2D eigenvalue weighted by atomic mass is 9.94. The summed E-state index contributed by atoms with van der Waals surface area (Å²) < 4.78 is 22.9. The fourth-order valence-electron chi connectivity index (χ4n) is 2.83. The summed E-state index contributed by atoms with van der Waals surface area (Å²) in [7, 11) is 0.190. The molecule has 0 amide bonds. The van der Waals surface area contributed by atoms with Gasteiger partial charge in [0.05, 0.1) is 15.6 Å². The molecule has 3 aromatic rings. The summed E-state index contributed by atoms with van der Waals surface area (Å²) in [6.07, 6.45) is 0. The zero-order valence-corrected chi connectivity index (χ0v) is 16.1. The van der Waals surface area contributed by atoms with Gasteiger partial charge in [-0.1, -0.05) is 54.1 Å². The van der Waals surface area contributed by atoms with E-state index in [1.165, 1.54) is 12.1 Å². The van der Waals surface area contributed by atoms with E-state index in [-0.39, 0.29) is 4.90 Å². The van der Waals surface area contributed by atoms with E-state index >= 15 is 0 Å². The molecule has 4 nitrogen and oxygen atoms in total. The van der Waals surface area contributed by atoms with Crippen LogP contribution in [0.2, 0.25) is 5.02 Å². The van der Waals surface area contributed by atoms with E-state index in [4.69, 9.17) is 16.7 Å². The van der Waals surface area contributed by atoms with Crippen LogP contribution in [0.25, 0.3) is 22.3 Å². The minimum atomic E-state index is -3.70. The Balaban J connectivity index is 2.11. The van der Waals surface area contributed by atoms with Crippen molar-refractivity contribution in [2.75, 3.05) is 19.0 Å². The van der Waals surface area contributed by atoms with Crippen molar-refractivity contribution >= 4 is 27.3 Å². The first-order valence-electron chi connectivity index (χ1n) is 7.97. The molecule has 0 fully saturated rings. The molecule has 0 aliphatic rings. The van der Waals surface area contributed by atoms with Gasteiger partial charge in [-0.3, -0.25) is 0 Å². The van der Waals surface area contributed by atoms with Gasteiger partial charge in [0.15, 0.2) is 0 Å². The minimum absolute atomic E-state index is 0.0973. The van der Waals surface area contributed by atoms with Crippen molar-refractivity contribution in [3.05, 3.63) is 71.8 Å². The maximum Gasteiger partial charge on any atom is 0.238 e. The number of nitrogens with two attached hydrogens (primary N) is 1. The van der Waals surface area contributed by atoms with Gasteiger partial charge in [0.2, 0.25) is 10.0 Å². The molecule has 3 aromatic carbocycles. The number of halogens is 1. The Bertz CT molecular complexity index is 1050. The molecule has 0 aromatic heterocycles. The Morgan fingerprint density at radius 2 is 1.38 bits per heavy atom. The standard InChI is InChI=1S/C20H19ClN2O2S/c1-23(2)20-13-15(9-12-19(20)21)18-6-4-3-5-17(18)14-7-10-16(11-8-14)26(22,24)25/h3-13H,1-2H3,(H2,22,24,25). The maximum absolute atomic E-state index is 11.5. The summed E-state index contributed by atoms with van der Waals surface area (Å²) in [6.45, 7) is 0. The van der Waals surface area contributed by atoms with Gasteiger partial charge in [-0.2, -0.15) is 0 Å². The average Bonchev–Trinajstić information content (AvgIpc) is 2.61. The SMILES string of the molecule is CN(C)c1cc(-c2ccccc2-c2ccc(S(N)(=O)=O)cc2)ccc1Cl. The molecule has 6 heteroatoms. The average molecular weight is 387 g/mol. The first kappa shape index (κ1) is 18.5. The molecule has 0 heterocycles. The van der Waals surface area contributed by atoms with E-state index in [1.807, 2.05) is 61.5 Å². The highest BCUT2D eigenvalue weighted by molar-refractivity contribution is 7.89. The van der Waals surface area contributed by atoms with Crippen LogP contribution in [-0.2, 0) is 10.0 Å². The van der Waals surface area contributed by atoms with Crippen molar-refractivity contribution in [1.82, 2.24) is 0 Å². The molecule has 0 bridgehead atoms. The number of anilines is 1. The Kier molecular flexibility index (Phi) is 5.05. The predicted octanol–water partition coefficient (Wildman–Crippen LogP) is 4.39. The molecular weight excluding hydrogens is 368 g/mol. The first-order valence-corrected chi connectivity index (χ1v) is 9.89. The number of hydrogen-bond donors (Lipinski definition) is 1. The summed E-state index contributed by atoms with van der Waals surface area (Å²) in [4.78, 5) is 2.06. The zero-order valence-electron chi connectivity index (χ0n) is 14.5. The molecule has 0 saturated carbocycles. The van der Waals surface area contributed by atoms with Gasteiger partial charge in [0.25, 0.3) is 0 Å². The largest absolute Gasteiger partial charge is 0.376 e. The molecule has 0 radical (unpaired) electrons. The van der Waals surface area contributed by atoms with Gasteiger partial charge in [-0.05, 0) is 46.5 Å². The topological polar surface area (TPSA) is 63.4 Å². The third-order valence-corrected chi connectivity index (χ3v) is 5.41. The Morgan fingerprint density at radius 1 is 0.846 bits per heavy atom. The van der Waals surface area contributed by atoms with E-state index < -0.39 is 10.0 Å². The molecule has 0 atom stereocenters. The number of sulfonamides is 1. The lowest BCUT2D eigenvalue weighted by Crippen LogP contribution is -2.11. The summed E-state index contributed by atoms with van der Waals surface area (Å²) in [5, 5.41) is 5.87. The molecule has 26 heavy (non-hydrogen) atoms.